The van der Waals surface area contributed by atoms with Crippen molar-refractivity contribution in [2.24, 2.45) is 0 Å². The maximum absolute atomic E-state index is 5.25. The van der Waals surface area contributed by atoms with Gasteiger partial charge in [0.2, 0.25) is 0 Å². The van der Waals surface area contributed by atoms with Crippen LogP contribution in [0.1, 0.15) is 35.5 Å². The average Bonchev–Trinajstić information content (AvgIpc) is 2.77. The molecule has 1 aromatic carbocycles. The molecule has 1 heterocycles. The van der Waals surface area contributed by atoms with Gasteiger partial charge in [-0.2, -0.15) is 0 Å². The molecule has 0 aliphatic rings. The molecule has 1 aromatic heterocycles. The average molecular weight is 339 g/mol. The predicted molar refractivity (Wildman–Crippen MR) is 81.9 cm³/mol. The lowest BCUT2D eigenvalue weighted by atomic mass is 10.1. The Morgan fingerprint density at radius 2 is 2.15 bits per heavy atom. The highest BCUT2D eigenvalue weighted by Crippen LogP contribution is 2.25. The largest absolute Gasteiger partial charge is 0.497 e. The van der Waals surface area contributed by atoms with E-state index in [0.29, 0.717) is 0 Å². The molecule has 0 aliphatic heterocycles. The predicted octanol–water partition coefficient (Wildman–Crippen LogP) is 3.91. The monoisotopic (exact) mass is 338 g/mol. The molecule has 0 amide bonds. The minimum Gasteiger partial charge on any atom is -0.497 e. The first-order chi connectivity index (χ1) is 9.52. The lowest BCUT2D eigenvalue weighted by Crippen LogP contribution is -2.19. The van der Waals surface area contributed by atoms with Gasteiger partial charge >= 0.3 is 0 Å². The first kappa shape index (κ1) is 15.1. The number of hydrogen-bond acceptors (Lipinski definition) is 4. The Labute approximate surface area is 127 Å². The topological polar surface area (TPSA) is 47.3 Å². The van der Waals surface area contributed by atoms with E-state index in [1.54, 1.807) is 7.11 Å². The number of halogens is 1. The molecule has 0 spiro atoms. The number of methoxy groups -OCH3 is 1. The molecule has 0 saturated heterocycles. The van der Waals surface area contributed by atoms with Crippen molar-refractivity contribution in [2.45, 2.75) is 33.4 Å². The maximum Gasteiger partial charge on any atom is 0.138 e. The van der Waals surface area contributed by atoms with Gasteiger partial charge in [0.25, 0.3) is 0 Å². The molecular formula is C15H19BrN2O2. The fraction of sp³-hybridized carbons (Fsp3) is 0.400. The maximum atomic E-state index is 5.25. The molecule has 1 atom stereocenters. The zero-order chi connectivity index (χ0) is 14.7. The van der Waals surface area contributed by atoms with E-state index in [1.807, 2.05) is 32.0 Å². The highest BCUT2D eigenvalue weighted by Gasteiger charge is 2.16. The van der Waals surface area contributed by atoms with E-state index in [4.69, 9.17) is 9.26 Å². The Morgan fingerprint density at radius 3 is 2.75 bits per heavy atom. The van der Waals surface area contributed by atoms with E-state index in [1.165, 1.54) is 0 Å². The second kappa shape index (κ2) is 6.41. The molecule has 0 aliphatic carbocycles. The Balaban J connectivity index is 2.09. The first-order valence-corrected chi connectivity index (χ1v) is 7.30. The summed E-state index contributed by atoms with van der Waals surface area (Å²) in [5.41, 5.74) is 3.22. The van der Waals surface area contributed by atoms with Gasteiger partial charge in [0.1, 0.15) is 11.5 Å². The van der Waals surface area contributed by atoms with Crippen LogP contribution in [0.3, 0.4) is 0 Å². The highest BCUT2D eigenvalue weighted by atomic mass is 79.9. The second-order valence-electron chi connectivity index (χ2n) is 4.80. The zero-order valence-corrected chi connectivity index (χ0v) is 13.7. The van der Waals surface area contributed by atoms with Crippen molar-refractivity contribution >= 4 is 15.9 Å². The molecule has 0 fully saturated rings. The number of nitrogens with one attached hydrogen (secondary N) is 1. The van der Waals surface area contributed by atoms with E-state index in [2.05, 4.69) is 33.3 Å². The van der Waals surface area contributed by atoms with Crippen LogP contribution in [0, 0.1) is 13.8 Å². The number of aryl methyl sites for hydroxylation is 2. The molecular weight excluding hydrogens is 320 g/mol. The number of benzene rings is 1. The minimum atomic E-state index is 0.180. The van der Waals surface area contributed by atoms with Gasteiger partial charge in [0.15, 0.2) is 0 Å². The zero-order valence-electron chi connectivity index (χ0n) is 12.2. The number of nitrogens with zero attached hydrogens (tertiary/aromatic N) is 1. The molecule has 5 heteroatoms. The normalized spacial score (nSPS) is 12.4. The van der Waals surface area contributed by atoms with Gasteiger partial charge in [-0.15, -0.1) is 0 Å². The van der Waals surface area contributed by atoms with Gasteiger partial charge in [-0.25, -0.2) is 0 Å². The van der Waals surface area contributed by atoms with Gasteiger partial charge in [-0.3, -0.25) is 0 Å². The van der Waals surface area contributed by atoms with E-state index < -0.39 is 0 Å². The molecule has 0 saturated carbocycles. The van der Waals surface area contributed by atoms with E-state index >= 15 is 0 Å². The number of hydrogen-bond donors (Lipinski definition) is 1. The Morgan fingerprint density at radius 1 is 1.40 bits per heavy atom. The Kier molecular flexibility index (Phi) is 4.83. The molecule has 108 valence electrons. The quantitative estimate of drug-likeness (QED) is 0.897. The van der Waals surface area contributed by atoms with Gasteiger partial charge in [-0.05, 0) is 44.5 Å². The lowest BCUT2D eigenvalue weighted by molar-refractivity contribution is 0.390. The van der Waals surface area contributed by atoms with Crippen molar-refractivity contribution in [2.75, 3.05) is 7.11 Å². The lowest BCUT2D eigenvalue weighted by Gasteiger charge is -2.15. The number of ether oxygens (including phenoxy) is 1. The van der Waals surface area contributed by atoms with Crippen molar-refractivity contribution in [3.8, 4) is 5.75 Å². The second-order valence-corrected chi connectivity index (χ2v) is 5.65. The van der Waals surface area contributed by atoms with Crippen LogP contribution in [-0.4, -0.2) is 12.3 Å². The number of rotatable bonds is 5. The van der Waals surface area contributed by atoms with Crippen molar-refractivity contribution in [3.05, 3.63) is 45.3 Å². The van der Waals surface area contributed by atoms with Crippen LogP contribution in [0.2, 0.25) is 0 Å². The molecule has 2 rings (SSSR count). The van der Waals surface area contributed by atoms with Crippen LogP contribution in [0.15, 0.2) is 27.2 Å². The van der Waals surface area contributed by atoms with E-state index in [0.717, 1.165) is 39.3 Å². The fourth-order valence-electron chi connectivity index (χ4n) is 2.29. The molecule has 0 bridgehead atoms. The van der Waals surface area contributed by atoms with Crippen molar-refractivity contribution in [1.29, 1.82) is 0 Å². The Bertz CT molecular complexity index is 576. The SMILES string of the molecule is COc1ccc(Br)c(CNC(C)c2c(C)noc2C)c1. The summed E-state index contributed by atoms with van der Waals surface area (Å²) in [6, 6.07) is 6.14. The van der Waals surface area contributed by atoms with Crippen LogP contribution in [0.25, 0.3) is 0 Å². The molecule has 4 nitrogen and oxygen atoms in total. The van der Waals surface area contributed by atoms with Crippen molar-refractivity contribution in [3.63, 3.8) is 0 Å². The van der Waals surface area contributed by atoms with Crippen LogP contribution in [-0.2, 0) is 6.54 Å². The van der Waals surface area contributed by atoms with Crippen LogP contribution < -0.4 is 10.1 Å². The smallest absolute Gasteiger partial charge is 0.138 e. The molecule has 1 N–H and O–H groups in total. The third-order valence-corrected chi connectivity index (χ3v) is 4.15. The third-order valence-electron chi connectivity index (χ3n) is 3.37. The van der Waals surface area contributed by atoms with Gasteiger partial charge < -0.3 is 14.6 Å². The van der Waals surface area contributed by atoms with E-state index in [-0.39, 0.29) is 6.04 Å². The summed E-state index contributed by atoms with van der Waals surface area (Å²) in [5, 5.41) is 7.48. The summed E-state index contributed by atoms with van der Waals surface area (Å²) in [7, 11) is 1.67. The van der Waals surface area contributed by atoms with Crippen LogP contribution in [0.4, 0.5) is 0 Å². The van der Waals surface area contributed by atoms with Gasteiger partial charge in [0, 0.05) is 22.6 Å². The number of aromatic nitrogens is 1. The van der Waals surface area contributed by atoms with Gasteiger partial charge in [0.05, 0.1) is 12.8 Å². The molecule has 2 aromatic rings. The van der Waals surface area contributed by atoms with Crippen molar-refractivity contribution in [1.82, 2.24) is 10.5 Å². The van der Waals surface area contributed by atoms with E-state index in [9.17, 15) is 0 Å². The summed E-state index contributed by atoms with van der Waals surface area (Å²) in [6.45, 7) is 6.75. The first-order valence-electron chi connectivity index (χ1n) is 6.51. The summed E-state index contributed by atoms with van der Waals surface area (Å²) in [6.07, 6.45) is 0. The van der Waals surface area contributed by atoms with Crippen LogP contribution in [0.5, 0.6) is 5.75 Å². The summed E-state index contributed by atoms with van der Waals surface area (Å²) >= 11 is 3.56. The van der Waals surface area contributed by atoms with Gasteiger partial charge in [-0.1, -0.05) is 21.1 Å². The third kappa shape index (κ3) is 3.22. The van der Waals surface area contributed by atoms with Crippen molar-refractivity contribution < 1.29 is 9.26 Å². The fourth-order valence-corrected chi connectivity index (χ4v) is 2.67. The molecule has 1 unspecified atom stereocenters. The molecule has 0 radical (unpaired) electrons. The highest BCUT2D eigenvalue weighted by molar-refractivity contribution is 9.10. The summed E-state index contributed by atoms with van der Waals surface area (Å²) < 4.78 is 11.5. The standard InChI is InChI=1S/C15H19BrN2O2/c1-9(15-10(2)18-20-11(15)3)17-8-12-7-13(19-4)5-6-14(12)16/h5-7,9,17H,8H2,1-4H3. The van der Waals surface area contributed by atoms with Crippen LogP contribution >= 0.6 is 15.9 Å². The molecule has 20 heavy (non-hydrogen) atoms. The summed E-state index contributed by atoms with van der Waals surface area (Å²) in [5.74, 6) is 1.72. The summed E-state index contributed by atoms with van der Waals surface area (Å²) in [4.78, 5) is 0. The minimum absolute atomic E-state index is 0.180. The Hall–Kier alpha value is -1.33.